The summed E-state index contributed by atoms with van der Waals surface area (Å²) in [6.45, 7) is 1.34. The molecule has 0 bridgehead atoms. The van der Waals surface area contributed by atoms with E-state index in [2.05, 4.69) is 0 Å². The topological polar surface area (TPSA) is 173 Å². The van der Waals surface area contributed by atoms with Crippen LogP contribution in [-0.4, -0.2) is 66.0 Å². The number of carboxylic acids is 1. The highest BCUT2D eigenvalue weighted by Crippen LogP contribution is 2.39. The summed E-state index contributed by atoms with van der Waals surface area (Å²) in [5, 5.41) is 9.10. The van der Waals surface area contributed by atoms with Crippen LogP contribution in [0.2, 0.25) is 0 Å². The van der Waals surface area contributed by atoms with E-state index in [1.54, 1.807) is 19.1 Å². The number of aryl methyl sites for hydroxylation is 1. The minimum Gasteiger partial charge on any atom is -0.477 e. The molecule has 2 amide bonds. The van der Waals surface area contributed by atoms with Gasteiger partial charge in [-0.05, 0) is 31.2 Å². The van der Waals surface area contributed by atoms with Gasteiger partial charge in [0.2, 0.25) is 5.91 Å². The molecule has 188 valence electrons. The molecule has 2 aromatic rings. The first kappa shape index (κ1) is 25.4. The number of ether oxygens (including phenoxy) is 1. The molecule has 0 aromatic heterocycles. The van der Waals surface area contributed by atoms with Crippen LogP contribution in [0, 0.1) is 6.92 Å². The monoisotopic (exact) mass is 531 g/mol. The number of carbonyl (C=O) groups is 4. The number of carboxylic acid groups (broad SMARTS) is 1. The van der Waals surface area contributed by atoms with Gasteiger partial charge in [0.1, 0.15) is 23.7 Å². The van der Waals surface area contributed by atoms with Gasteiger partial charge in [-0.3, -0.25) is 14.5 Å². The molecule has 1 fully saturated rings. The van der Waals surface area contributed by atoms with Crippen LogP contribution in [0.1, 0.15) is 26.3 Å². The predicted molar refractivity (Wildman–Crippen MR) is 128 cm³/mol. The fourth-order valence-corrected chi connectivity index (χ4v) is 5.97. The predicted octanol–water partition coefficient (Wildman–Crippen LogP) is 0.852. The highest BCUT2D eigenvalue weighted by molar-refractivity contribution is 8.00. The van der Waals surface area contributed by atoms with Crippen molar-refractivity contribution in [3.63, 3.8) is 0 Å². The second-order valence-corrected chi connectivity index (χ2v) is 10.8. The number of esters is 1. The van der Waals surface area contributed by atoms with E-state index >= 15 is 0 Å². The summed E-state index contributed by atoms with van der Waals surface area (Å²) < 4.78 is 32.4. The average Bonchev–Trinajstić information content (AvgIpc) is 2.86. The first-order valence-corrected chi connectivity index (χ1v) is 13.1. The first-order chi connectivity index (χ1) is 17.0. The molecule has 1 saturated heterocycles. The van der Waals surface area contributed by atoms with Crippen LogP contribution in [-0.2, 0) is 24.3 Å². The van der Waals surface area contributed by atoms with E-state index in [9.17, 15) is 32.7 Å². The van der Waals surface area contributed by atoms with Crippen LogP contribution in [0.4, 0.5) is 0 Å². The molecule has 0 aliphatic carbocycles. The summed E-state index contributed by atoms with van der Waals surface area (Å²) in [5.41, 5.74) is 6.01. The van der Waals surface area contributed by atoms with Crippen molar-refractivity contribution in [3.8, 4) is 0 Å². The normalized spacial score (nSPS) is 19.3. The number of amides is 2. The SMILES string of the molecule is Cc1ccc(S(=O)(=O)NC(=O)c2ccccc2C(=O)OCC2=C(C(=O)O)N3C(=O)[C@@H](N)[C@@H]3SC2)cc1. The zero-order chi connectivity index (χ0) is 26.2. The van der Waals surface area contributed by atoms with Gasteiger partial charge in [0.25, 0.3) is 15.9 Å². The maximum absolute atomic E-state index is 12.8. The van der Waals surface area contributed by atoms with E-state index in [4.69, 9.17) is 10.5 Å². The van der Waals surface area contributed by atoms with Gasteiger partial charge in [-0.1, -0.05) is 29.8 Å². The molecule has 0 radical (unpaired) electrons. The Bertz CT molecular complexity index is 1400. The summed E-state index contributed by atoms with van der Waals surface area (Å²) >= 11 is 1.25. The maximum atomic E-state index is 12.8. The molecule has 2 aliphatic heterocycles. The second-order valence-electron chi connectivity index (χ2n) is 8.06. The molecule has 0 spiro atoms. The number of sulfonamides is 1. The van der Waals surface area contributed by atoms with Crippen LogP contribution in [0.25, 0.3) is 0 Å². The molecule has 0 unspecified atom stereocenters. The number of nitrogens with two attached hydrogens (primary N) is 1. The van der Waals surface area contributed by atoms with Crippen molar-refractivity contribution in [3.05, 3.63) is 76.5 Å². The number of thioether (sulfide) groups is 1. The van der Waals surface area contributed by atoms with Crippen molar-refractivity contribution >= 4 is 45.5 Å². The minimum absolute atomic E-state index is 0.122. The number of rotatable bonds is 7. The molecule has 4 N–H and O–H groups in total. The van der Waals surface area contributed by atoms with Gasteiger partial charge in [0, 0.05) is 11.3 Å². The van der Waals surface area contributed by atoms with E-state index in [1.807, 2.05) is 4.72 Å². The van der Waals surface area contributed by atoms with Crippen molar-refractivity contribution in [2.75, 3.05) is 12.4 Å². The molecule has 4 rings (SSSR count). The molecule has 2 atom stereocenters. The molecule has 0 saturated carbocycles. The number of aliphatic carboxylic acids is 1. The van der Waals surface area contributed by atoms with Crippen LogP contribution in [0.5, 0.6) is 0 Å². The molecule has 2 aliphatic rings. The molecule has 2 aromatic carbocycles. The lowest BCUT2D eigenvalue weighted by molar-refractivity contribution is -0.148. The summed E-state index contributed by atoms with van der Waals surface area (Å²) in [4.78, 5) is 50.4. The van der Waals surface area contributed by atoms with E-state index < -0.39 is 51.8 Å². The summed E-state index contributed by atoms with van der Waals surface area (Å²) in [6, 6.07) is 10.5. The third kappa shape index (κ3) is 4.72. The highest BCUT2D eigenvalue weighted by atomic mass is 32.2. The Morgan fingerprint density at radius 1 is 1.14 bits per heavy atom. The molecular weight excluding hydrogens is 510 g/mol. The lowest BCUT2D eigenvalue weighted by Crippen LogP contribution is -2.68. The number of carbonyl (C=O) groups excluding carboxylic acids is 3. The van der Waals surface area contributed by atoms with Crippen LogP contribution < -0.4 is 10.5 Å². The molecular formula is C23H21N3O8S2. The second kappa shape index (κ2) is 9.76. The van der Waals surface area contributed by atoms with Gasteiger partial charge in [0.05, 0.1) is 16.0 Å². The van der Waals surface area contributed by atoms with Crippen LogP contribution >= 0.6 is 11.8 Å². The Morgan fingerprint density at radius 2 is 1.78 bits per heavy atom. The lowest BCUT2D eigenvalue weighted by atomic mass is 10.0. The lowest BCUT2D eigenvalue weighted by Gasteiger charge is -2.47. The number of nitrogens with one attached hydrogen (secondary N) is 1. The van der Waals surface area contributed by atoms with Gasteiger partial charge >= 0.3 is 11.9 Å². The van der Waals surface area contributed by atoms with Crippen molar-refractivity contribution in [1.82, 2.24) is 9.62 Å². The van der Waals surface area contributed by atoms with E-state index in [0.29, 0.717) is 0 Å². The highest BCUT2D eigenvalue weighted by Gasteiger charge is 2.51. The van der Waals surface area contributed by atoms with Crippen molar-refractivity contribution in [1.29, 1.82) is 0 Å². The number of hydrogen-bond donors (Lipinski definition) is 3. The molecule has 13 heteroatoms. The van der Waals surface area contributed by atoms with Gasteiger partial charge in [0.15, 0.2) is 0 Å². The smallest absolute Gasteiger partial charge is 0.352 e. The van der Waals surface area contributed by atoms with E-state index in [1.165, 1.54) is 48.2 Å². The Kier molecular flexibility index (Phi) is 6.89. The maximum Gasteiger partial charge on any atom is 0.352 e. The first-order valence-electron chi connectivity index (χ1n) is 10.6. The van der Waals surface area contributed by atoms with Crippen molar-refractivity contribution < 1.29 is 37.4 Å². The number of hydrogen-bond acceptors (Lipinski definition) is 9. The fourth-order valence-electron chi connectivity index (χ4n) is 3.73. The zero-order valence-corrected chi connectivity index (χ0v) is 20.5. The third-order valence-electron chi connectivity index (χ3n) is 5.62. The number of β-lactam (4-membered cyclic amide) rings is 1. The summed E-state index contributed by atoms with van der Waals surface area (Å²) in [7, 11) is -4.20. The minimum atomic E-state index is -4.20. The fraction of sp³-hybridized carbons (Fsp3) is 0.217. The van der Waals surface area contributed by atoms with E-state index in [-0.39, 0.29) is 33.0 Å². The van der Waals surface area contributed by atoms with Gasteiger partial charge in [-0.15, -0.1) is 11.8 Å². The number of nitrogens with zero attached hydrogens (tertiary/aromatic N) is 1. The summed E-state index contributed by atoms with van der Waals surface area (Å²) in [6.07, 6.45) is 0. The Balaban J connectivity index is 1.52. The Hall–Kier alpha value is -3.68. The van der Waals surface area contributed by atoms with Gasteiger partial charge in [-0.25, -0.2) is 22.7 Å². The van der Waals surface area contributed by atoms with Gasteiger partial charge < -0.3 is 15.6 Å². The number of benzene rings is 2. The van der Waals surface area contributed by atoms with E-state index in [0.717, 1.165) is 10.5 Å². The van der Waals surface area contributed by atoms with Gasteiger partial charge in [-0.2, -0.15) is 0 Å². The van der Waals surface area contributed by atoms with Crippen LogP contribution in [0.3, 0.4) is 0 Å². The van der Waals surface area contributed by atoms with Crippen molar-refractivity contribution in [2.24, 2.45) is 5.73 Å². The largest absolute Gasteiger partial charge is 0.477 e. The quantitative estimate of drug-likeness (QED) is 0.343. The Labute approximate surface area is 210 Å². The molecule has 36 heavy (non-hydrogen) atoms. The van der Waals surface area contributed by atoms with Crippen molar-refractivity contribution in [2.45, 2.75) is 23.2 Å². The molecule has 11 nitrogen and oxygen atoms in total. The van der Waals surface area contributed by atoms with Crippen LogP contribution in [0.15, 0.2) is 64.7 Å². The molecule has 2 heterocycles. The zero-order valence-electron chi connectivity index (χ0n) is 18.8. The Morgan fingerprint density at radius 3 is 2.42 bits per heavy atom. The standard InChI is InChI=1S/C23H21N3O8S2/c1-12-6-8-14(9-7-12)36(32,33)25-19(27)15-4-2-3-5-16(15)23(31)34-10-13-11-35-21-17(24)20(28)26(21)18(13)22(29)30/h2-9,17,21H,10-11,24H2,1H3,(H,25,27)(H,29,30)/t17-,21+/m1/s1. The average molecular weight is 532 g/mol. The third-order valence-corrected chi connectivity index (χ3v) is 8.33. The summed E-state index contributed by atoms with van der Waals surface area (Å²) in [5.74, 6) is -3.72. The number of fused-ring (bicyclic) bond motifs is 1.